The van der Waals surface area contributed by atoms with Gasteiger partial charge in [0, 0.05) is 10.6 Å². The normalized spacial score (nSPS) is 12.5. The molecule has 0 bridgehead atoms. The van der Waals surface area contributed by atoms with Gasteiger partial charge in [0.25, 0.3) is 0 Å². The molecule has 2 rings (SSSR count). The van der Waals surface area contributed by atoms with E-state index in [0.717, 1.165) is 6.07 Å². The number of rotatable bonds is 2. The van der Waals surface area contributed by atoms with E-state index in [-0.39, 0.29) is 10.6 Å². The molecule has 1 unspecified atom stereocenters. The maximum atomic E-state index is 13.5. The van der Waals surface area contributed by atoms with Gasteiger partial charge in [-0.1, -0.05) is 29.8 Å². The summed E-state index contributed by atoms with van der Waals surface area (Å²) in [6.45, 7) is 0. The van der Waals surface area contributed by atoms with Crippen LogP contribution in [0.15, 0.2) is 42.5 Å². The first kappa shape index (κ1) is 12.0. The van der Waals surface area contributed by atoms with Crippen LogP contribution < -0.4 is 0 Å². The average Bonchev–Trinajstić information content (AvgIpc) is 2.28. The third-order valence-corrected chi connectivity index (χ3v) is 2.66. The van der Waals surface area contributed by atoms with E-state index in [1.165, 1.54) is 36.4 Å². The third-order valence-electron chi connectivity index (χ3n) is 2.42. The molecule has 2 aromatic rings. The summed E-state index contributed by atoms with van der Waals surface area (Å²) in [4.78, 5) is 0. The number of aliphatic hydroxyl groups excluding tert-OH is 1. The second-order valence-corrected chi connectivity index (χ2v) is 4.06. The predicted molar refractivity (Wildman–Crippen MR) is 61.9 cm³/mol. The van der Waals surface area contributed by atoms with E-state index >= 15 is 0 Å². The van der Waals surface area contributed by atoms with Crippen LogP contribution in [0.3, 0.4) is 0 Å². The highest BCUT2D eigenvalue weighted by atomic mass is 35.5. The molecule has 88 valence electrons. The highest BCUT2D eigenvalue weighted by Crippen LogP contribution is 2.26. The number of halogens is 3. The van der Waals surface area contributed by atoms with Gasteiger partial charge in [0.15, 0.2) is 0 Å². The second kappa shape index (κ2) is 4.82. The van der Waals surface area contributed by atoms with Crippen molar-refractivity contribution in [2.75, 3.05) is 0 Å². The lowest BCUT2D eigenvalue weighted by Crippen LogP contribution is -2.02. The van der Waals surface area contributed by atoms with Crippen LogP contribution >= 0.6 is 11.6 Å². The van der Waals surface area contributed by atoms with E-state index in [2.05, 4.69) is 0 Å². The smallest absolute Gasteiger partial charge is 0.130 e. The molecule has 0 amide bonds. The van der Waals surface area contributed by atoms with E-state index in [1.54, 1.807) is 0 Å². The first-order chi connectivity index (χ1) is 8.08. The Labute approximate surface area is 102 Å². The molecule has 0 aromatic heterocycles. The summed E-state index contributed by atoms with van der Waals surface area (Å²) in [5.41, 5.74) is 0.367. The number of benzene rings is 2. The Hall–Kier alpha value is -1.45. The van der Waals surface area contributed by atoms with E-state index in [9.17, 15) is 13.9 Å². The van der Waals surface area contributed by atoms with Crippen molar-refractivity contribution in [2.45, 2.75) is 6.10 Å². The second-order valence-electron chi connectivity index (χ2n) is 3.62. The van der Waals surface area contributed by atoms with Crippen molar-refractivity contribution in [3.05, 3.63) is 70.2 Å². The zero-order valence-corrected chi connectivity index (χ0v) is 9.46. The number of hydrogen-bond acceptors (Lipinski definition) is 1. The molecular weight excluding hydrogens is 246 g/mol. The Bertz CT molecular complexity index is 543. The first-order valence-electron chi connectivity index (χ1n) is 4.96. The molecule has 0 saturated carbocycles. The van der Waals surface area contributed by atoms with Gasteiger partial charge in [-0.2, -0.15) is 0 Å². The van der Waals surface area contributed by atoms with Crippen LogP contribution in [0.25, 0.3) is 0 Å². The summed E-state index contributed by atoms with van der Waals surface area (Å²) in [6.07, 6.45) is -1.21. The molecule has 0 aliphatic carbocycles. The molecule has 2 aromatic carbocycles. The number of hydrogen-bond donors (Lipinski definition) is 1. The van der Waals surface area contributed by atoms with E-state index in [1.807, 2.05) is 0 Å². The van der Waals surface area contributed by atoms with Crippen LogP contribution in [0.5, 0.6) is 0 Å². The molecule has 17 heavy (non-hydrogen) atoms. The number of aliphatic hydroxyl groups is 1. The zero-order chi connectivity index (χ0) is 12.4. The van der Waals surface area contributed by atoms with Gasteiger partial charge in [-0.05, 0) is 29.8 Å². The summed E-state index contributed by atoms with van der Waals surface area (Å²) in [6, 6.07) is 9.38. The monoisotopic (exact) mass is 254 g/mol. The molecule has 0 saturated heterocycles. The average molecular weight is 255 g/mol. The van der Waals surface area contributed by atoms with Crippen molar-refractivity contribution in [1.82, 2.24) is 0 Å². The molecular formula is C13H9ClF2O. The van der Waals surface area contributed by atoms with Gasteiger partial charge < -0.3 is 5.11 Å². The minimum Gasteiger partial charge on any atom is -0.384 e. The molecule has 0 fully saturated rings. The van der Waals surface area contributed by atoms with Crippen LogP contribution in [0.2, 0.25) is 5.02 Å². The SMILES string of the molecule is OC(c1cccc(F)c1)c1ccc(Cl)cc1F. The van der Waals surface area contributed by atoms with E-state index in [0.29, 0.717) is 5.56 Å². The Kier molecular flexibility index (Phi) is 3.41. The highest BCUT2D eigenvalue weighted by Gasteiger charge is 2.15. The minimum absolute atomic E-state index is 0.0694. The summed E-state index contributed by atoms with van der Waals surface area (Å²) in [5, 5.41) is 10.2. The molecule has 0 heterocycles. The van der Waals surface area contributed by atoms with Gasteiger partial charge in [-0.3, -0.25) is 0 Å². The van der Waals surface area contributed by atoms with Crippen molar-refractivity contribution >= 4 is 11.6 Å². The lowest BCUT2D eigenvalue weighted by Gasteiger charge is -2.12. The fourth-order valence-electron chi connectivity index (χ4n) is 1.58. The Morgan fingerprint density at radius 3 is 2.47 bits per heavy atom. The van der Waals surface area contributed by atoms with Gasteiger partial charge in [-0.15, -0.1) is 0 Å². The Balaban J connectivity index is 2.40. The third kappa shape index (κ3) is 2.62. The van der Waals surface area contributed by atoms with Gasteiger partial charge in [-0.25, -0.2) is 8.78 Å². The molecule has 1 N–H and O–H groups in total. The van der Waals surface area contributed by atoms with Gasteiger partial charge >= 0.3 is 0 Å². The van der Waals surface area contributed by atoms with Crippen LogP contribution in [-0.4, -0.2) is 5.11 Å². The van der Waals surface area contributed by atoms with Crippen molar-refractivity contribution in [3.63, 3.8) is 0 Å². The van der Waals surface area contributed by atoms with Crippen molar-refractivity contribution < 1.29 is 13.9 Å². The Morgan fingerprint density at radius 1 is 1.06 bits per heavy atom. The van der Waals surface area contributed by atoms with Crippen LogP contribution in [0.1, 0.15) is 17.2 Å². The van der Waals surface area contributed by atoms with Crippen LogP contribution in [-0.2, 0) is 0 Å². The maximum absolute atomic E-state index is 13.5. The fourth-order valence-corrected chi connectivity index (χ4v) is 1.74. The lowest BCUT2D eigenvalue weighted by molar-refractivity contribution is 0.214. The van der Waals surface area contributed by atoms with Gasteiger partial charge in [0.2, 0.25) is 0 Å². The van der Waals surface area contributed by atoms with Gasteiger partial charge in [0.05, 0.1) is 0 Å². The quantitative estimate of drug-likeness (QED) is 0.866. The topological polar surface area (TPSA) is 20.2 Å². The Morgan fingerprint density at radius 2 is 1.82 bits per heavy atom. The molecule has 4 heteroatoms. The first-order valence-corrected chi connectivity index (χ1v) is 5.34. The molecule has 1 nitrogen and oxygen atoms in total. The maximum Gasteiger partial charge on any atom is 0.130 e. The van der Waals surface area contributed by atoms with Crippen molar-refractivity contribution in [1.29, 1.82) is 0 Å². The summed E-state index contributed by atoms with van der Waals surface area (Å²) < 4.78 is 26.5. The lowest BCUT2D eigenvalue weighted by atomic mass is 10.0. The van der Waals surface area contributed by atoms with E-state index < -0.39 is 17.7 Å². The van der Waals surface area contributed by atoms with E-state index in [4.69, 9.17) is 11.6 Å². The molecule has 1 atom stereocenters. The standard InChI is InChI=1S/C13H9ClF2O/c14-9-4-5-11(12(16)7-9)13(17)8-2-1-3-10(15)6-8/h1-7,13,17H. The summed E-state index contributed by atoms with van der Waals surface area (Å²) in [7, 11) is 0. The summed E-state index contributed by atoms with van der Waals surface area (Å²) in [5.74, 6) is -1.09. The minimum atomic E-state index is -1.21. The van der Waals surface area contributed by atoms with Crippen molar-refractivity contribution in [2.24, 2.45) is 0 Å². The highest BCUT2D eigenvalue weighted by molar-refractivity contribution is 6.30. The molecule has 0 aliphatic heterocycles. The van der Waals surface area contributed by atoms with Crippen LogP contribution in [0.4, 0.5) is 8.78 Å². The molecule has 0 radical (unpaired) electrons. The zero-order valence-electron chi connectivity index (χ0n) is 8.70. The molecule has 0 aliphatic rings. The summed E-state index contributed by atoms with van der Waals surface area (Å²) >= 11 is 5.61. The predicted octanol–water partition coefficient (Wildman–Crippen LogP) is 3.70. The van der Waals surface area contributed by atoms with Crippen molar-refractivity contribution in [3.8, 4) is 0 Å². The van der Waals surface area contributed by atoms with Gasteiger partial charge in [0.1, 0.15) is 17.7 Å². The van der Waals surface area contributed by atoms with Crippen LogP contribution in [0, 0.1) is 11.6 Å². The largest absolute Gasteiger partial charge is 0.384 e. The fraction of sp³-hybridized carbons (Fsp3) is 0.0769. The molecule has 0 spiro atoms.